The molecule has 0 unspecified atom stereocenters. The van der Waals surface area contributed by atoms with Gasteiger partial charge < -0.3 is 0 Å². The summed E-state index contributed by atoms with van der Waals surface area (Å²) in [6, 6.07) is 0.697. The Morgan fingerprint density at radius 1 is 0.929 bits per heavy atom. The highest BCUT2D eigenvalue weighted by Gasteiger charge is 2.49. The van der Waals surface area contributed by atoms with Gasteiger partial charge in [-0.3, -0.25) is 0 Å². The van der Waals surface area contributed by atoms with Crippen LogP contribution in [-0.4, -0.2) is 31.1 Å². The Morgan fingerprint density at radius 2 is 1.36 bits per heavy atom. The van der Waals surface area contributed by atoms with Crippen molar-refractivity contribution in [1.82, 2.24) is 4.31 Å². The lowest BCUT2D eigenvalue weighted by atomic mass is 9.65. The molecule has 2 aliphatic heterocycles. The van der Waals surface area contributed by atoms with Crippen LogP contribution >= 0.6 is 0 Å². The zero-order valence-corrected chi connectivity index (χ0v) is 9.33. The van der Waals surface area contributed by atoms with Gasteiger partial charge in [0.15, 0.2) is 0 Å². The third kappa shape index (κ3) is 1.23. The van der Waals surface area contributed by atoms with Gasteiger partial charge in [-0.25, -0.2) is 8.42 Å². The second-order valence-electron chi connectivity index (χ2n) is 5.31. The summed E-state index contributed by atoms with van der Waals surface area (Å²) in [5.41, 5.74) is 0. The van der Waals surface area contributed by atoms with Gasteiger partial charge in [0.05, 0.1) is 6.26 Å². The molecule has 4 bridgehead atoms. The first-order valence-electron chi connectivity index (χ1n) is 5.52. The minimum Gasteiger partial charge on any atom is -0.212 e. The first-order chi connectivity index (χ1) is 6.54. The maximum Gasteiger partial charge on any atom is 0.211 e. The highest BCUT2D eigenvalue weighted by molar-refractivity contribution is 7.88. The molecule has 0 aromatic rings. The summed E-state index contributed by atoms with van der Waals surface area (Å²) in [4.78, 5) is 0. The Balaban J connectivity index is 1.95. The van der Waals surface area contributed by atoms with Crippen LogP contribution in [0.1, 0.15) is 32.1 Å². The van der Waals surface area contributed by atoms with Crippen LogP contribution in [0.2, 0.25) is 0 Å². The van der Waals surface area contributed by atoms with E-state index in [0.717, 1.165) is 37.5 Å². The molecule has 4 aliphatic rings. The first-order valence-corrected chi connectivity index (χ1v) is 7.37. The first kappa shape index (κ1) is 9.16. The fourth-order valence-electron chi connectivity index (χ4n) is 4.04. The number of hydrogen-bond acceptors (Lipinski definition) is 2. The van der Waals surface area contributed by atoms with Gasteiger partial charge in [0, 0.05) is 12.1 Å². The SMILES string of the molecule is CS(=O)(=O)N1C2CC3CC(C2)CC1C3. The topological polar surface area (TPSA) is 37.4 Å². The molecule has 0 aromatic heterocycles. The Morgan fingerprint density at radius 3 is 1.71 bits per heavy atom. The smallest absolute Gasteiger partial charge is 0.211 e. The standard InChI is InChI=1S/C10H17NO2S/c1-14(12,13)11-9-3-7-2-8(5-9)6-10(11)4-7/h7-10H,2-6H2,1H3. The van der Waals surface area contributed by atoms with E-state index in [1.807, 2.05) is 4.31 Å². The molecule has 80 valence electrons. The highest BCUT2D eigenvalue weighted by atomic mass is 32.2. The molecule has 2 heterocycles. The van der Waals surface area contributed by atoms with Crippen LogP contribution in [0.4, 0.5) is 0 Å². The van der Waals surface area contributed by atoms with E-state index in [1.54, 1.807) is 0 Å². The zero-order valence-electron chi connectivity index (χ0n) is 8.52. The van der Waals surface area contributed by atoms with Crippen molar-refractivity contribution in [2.75, 3.05) is 6.26 Å². The van der Waals surface area contributed by atoms with Gasteiger partial charge in [-0.2, -0.15) is 4.31 Å². The lowest BCUT2D eigenvalue weighted by Crippen LogP contribution is -2.59. The van der Waals surface area contributed by atoms with Crippen molar-refractivity contribution >= 4 is 10.0 Å². The van der Waals surface area contributed by atoms with Crippen molar-refractivity contribution in [2.24, 2.45) is 11.8 Å². The van der Waals surface area contributed by atoms with Gasteiger partial charge in [-0.1, -0.05) is 0 Å². The molecule has 2 saturated carbocycles. The number of nitrogens with zero attached hydrogens (tertiary/aromatic N) is 1. The van der Waals surface area contributed by atoms with Crippen LogP contribution in [0.15, 0.2) is 0 Å². The minimum absolute atomic E-state index is 0.348. The molecule has 0 radical (unpaired) electrons. The number of rotatable bonds is 1. The lowest BCUT2D eigenvalue weighted by Gasteiger charge is -2.55. The molecule has 2 aliphatic carbocycles. The van der Waals surface area contributed by atoms with E-state index in [1.165, 1.54) is 12.7 Å². The van der Waals surface area contributed by atoms with Crippen LogP contribution in [0.3, 0.4) is 0 Å². The van der Waals surface area contributed by atoms with Crippen molar-refractivity contribution in [3.8, 4) is 0 Å². The summed E-state index contributed by atoms with van der Waals surface area (Å²) in [6.45, 7) is 0. The van der Waals surface area contributed by atoms with E-state index in [0.29, 0.717) is 12.1 Å². The largest absolute Gasteiger partial charge is 0.212 e. The lowest BCUT2D eigenvalue weighted by molar-refractivity contribution is -0.00662. The second kappa shape index (κ2) is 2.73. The summed E-state index contributed by atoms with van der Waals surface area (Å²) in [5, 5.41) is 0. The van der Waals surface area contributed by atoms with E-state index in [4.69, 9.17) is 0 Å². The van der Waals surface area contributed by atoms with Gasteiger partial charge in [0.25, 0.3) is 0 Å². The molecule has 14 heavy (non-hydrogen) atoms. The molecule has 0 spiro atoms. The number of sulfonamides is 1. The van der Waals surface area contributed by atoms with Crippen LogP contribution in [0, 0.1) is 11.8 Å². The summed E-state index contributed by atoms with van der Waals surface area (Å²) in [7, 11) is -2.95. The van der Waals surface area contributed by atoms with E-state index in [2.05, 4.69) is 0 Å². The van der Waals surface area contributed by atoms with Crippen LogP contribution in [-0.2, 0) is 10.0 Å². The average Bonchev–Trinajstić information content (AvgIpc) is 1.97. The molecule has 4 fully saturated rings. The molecule has 3 nitrogen and oxygen atoms in total. The molecule has 2 saturated heterocycles. The van der Waals surface area contributed by atoms with Crippen molar-refractivity contribution < 1.29 is 8.42 Å². The Bertz CT molecular complexity index is 321. The number of piperidine rings is 2. The van der Waals surface area contributed by atoms with Crippen LogP contribution < -0.4 is 0 Å². The molecular weight excluding hydrogens is 198 g/mol. The average molecular weight is 215 g/mol. The quantitative estimate of drug-likeness (QED) is 0.659. The normalized spacial score (nSPS) is 47.2. The highest BCUT2D eigenvalue weighted by Crippen LogP contribution is 2.49. The van der Waals surface area contributed by atoms with Gasteiger partial charge in [-0.15, -0.1) is 0 Å². The fraction of sp³-hybridized carbons (Fsp3) is 1.00. The van der Waals surface area contributed by atoms with E-state index < -0.39 is 10.0 Å². The predicted molar refractivity (Wildman–Crippen MR) is 54.3 cm³/mol. The van der Waals surface area contributed by atoms with Crippen molar-refractivity contribution in [3.63, 3.8) is 0 Å². The number of hydrogen-bond donors (Lipinski definition) is 0. The van der Waals surface area contributed by atoms with Gasteiger partial charge in [0.1, 0.15) is 0 Å². The molecule has 0 atom stereocenters. The van der Waals surface area contributed by atoms with Crippen LogP contribution in [0.5, 0.6) is 0 Å². The minimum atomic E-state index is -2.95. The monoisotopic (exact) mass is 215 g/mol. The van der Waals surface area contributed by atoms with Gasteiger partial charge in [0.2, 0.25) is 10.0 Å². The summed E-state index contributed by atoms with van der Waals surface area (Å²) in [5.74, 6) is 1.66. The van der Waals surface area contributed by atoms with E-state index >= 15 is 0 Å². The Hall–Kier alpha value is -0.0900. The Kier molecular flexibility index (Phi) is 1.78. The predicted octanol–water partition coefficient (Wildman–Crippen LogP) is 1.21. The van der Waals surface area contributed by atoms with Gasteiger partial charge in [-0.05, 0) is 43.9 Å². The van der Waals surface area contributed by atoms with Crippen LogP contribution in [0.25, 0.3) is 0 Å². The van der Waals surface area contributed by atoms with Crippen molar-refractivity contribution in [3.05, 3.63) is 0 Å². The zero-order chi connectivity index (χ0) is 9.92. The molecule has 0 aromatic carbocycles. The maximum absolute atomic E-state index is 11.6. The third-order valence-corrected chi connectivity index (χ3v) is 5.55. The van der Waals surface area contributed by atoms with E-state index in [9.17, 15) is 8.42 Å². The summed E-state index contributed by atoms with van der Waals surface area (Å²) < 4.78 is 25.1. The Labute approximate surface area is 85.5 Å². The summed E-state index contributed by atoms with van der Waals surface area (Å²) >= 11 is 0. The van der Waals surface area contributed by atoms with Gasteiger partial charge >= 0.3 is 0 Å². The molecule has 0 N–H and O–H groups in total. The summed E-state index contributed by atoms with van der Waals surface area (Å²) in [6.07, 6.45) is 7.24. The third-order valence-electron chi connectivity index (χ3n) is 4.19. The molecule has 0 amide bonds. The van der Waals surface area contributed by atoms with E-state index in [-0.39, 0.29) is 0 Å². The van der Waals surface area contributed by atoms with Crippen molar-refractivity contribution in [1.29, 1.82) is 0 Å². The van der Waals surface area contributed by atoms with Crippen molar-refractivity contribution in [2.45, 2.75) is 44.2 Å². The fourth-order valence-corrected chi connectivity index (χ4v) is 5.46. The maximum atomic E-state index is 11.6. The molecule has 4 rings (SSSR count). The molecule has 4 heteroatoms. The molecular formula is C10H17NO2S. The second-order valence-corrected chi connectivity index (χ2v) is 7.20.